The number of allylic oxidation sites excluding steroid dienone is 1. The molecule has 218 valence electrons. The molecule has 0 unspecified atom stereocenters. The van der Waals surface area contributed by atoms with Gasteiger partial charge in [0.05, 0.1) is 24.2 Å². The van der Waals surface area contributed by atoms with E-state index in [-0.39, 0.29) is 10.0 Å². The molecule has 3 nitrogen and oxygen atoms in total. The van der Waals surface area contributed by atoms with Gasteiger partial charge in [0, 0.05) is 18.8 Å². The summed E-state index contributed by atoms with van der Waals surface area (Å²) in [6, 6.07) is 0. The van der Waals surface area contributed by atoms with Crippen LogP contribution < -0.4 is 0 Å². The van der Waals surface area contributed by atoms with E-state index < -0.39 is 0 Å². The van der Waals surface area contributed by atoms with Gasteiger partial charge in [0.1, 0.15) is 5.69 Å². The molecule has 0 spiro atoms. The Bertz CT molecular complexity index is 691. The summed E-state index contributed by atoms with van der Waals surface area (Å²) in [5, 5.41) is 0. The number of aryl methyl sites for hydroxylation is 1. The quantitative estimate of drug-likeness (QED) is 0.245. The lowest BCUT2D eigenvalue weighted by Gasteiger charge is -2.24. The van der Waals surface area contributed by atoms with E-state index in [1.807, 2.05) is 60.6 Å². The minimum absolute atomic E-state index is 0.321. The van der Waals surface area contributed by atoms with Crippen molar-refractivity contribution in [3.63, 3.8) is 0 Å². The average Bonchev–Trinajstić information content (AvgIpc) is 2.90. The van der Waals surface area contributed by atoms with E-state index in [9.17, 15) is 0 Å². The van der Waals surface area contributed by atoms with E-state index in [2.05, 4.69) is 54.4 Å². The Balaban J connectivity index is -0.000000537. The van der Waals surface area contributed by atoms with Crippen LogP contribution in [0.25, 0.3) is 6.08 Å². The first-order valence-corrected chi connectivity index (χ1v) is 18.0. The molecule has 0 N–H and O–H groups in total. The summed E-state index contributed by atoms with van der Waals surface area (Å²) in [6.07, 6.45) is 24.6. The summed E-state index contributed by atoms with van der Waals surface area (Å²) < 4.78 is 5.23. The van der Waals surface area contributed by atoms with E-state index in [4.69, 9.17) is 4.74 Å². The van der Waals surface area contributed by atoms with E-state index in [0.717, 1.165) is 42.6 Å². The van der Waals surface area contributed by atoms with E-state index in [1.54, 1.807) is 6.20 Å². The molecule has 0 bridgehead atoms. The molecule has 1 heterocycles. The third kappa shape index (κ3) is 27.5. The van der Waals surface area contributed by atoms with Crippen molar-refractivity contribution < 1.29 is 4.74 Å². The van der Waals surface area contributed by atoms with Crippen molar-refractivity contribution >= 4 is 16.1 Å². The molecule has 0 aliphatic heterocycles. The minimum Gasteiger partial charge on any atom is -0.381 e. The zero-order valence-corrected chi connectivity index (χ0v) is 27.8. The SMILES string of the molecule is C/C=C\c1nc(C#CCC2CCCCC2)cnc1C.CC.CC.CCCCC.CCOCCS(C)(C)C. The zero-order valence-electron chi connectivity index (χ0n) is 27.0. The van der Waals surface area contributed by atoms with Gasteiger partial charge in [-0.2, -0.15) is 0 Å². The lowest BCUT2D eigenvalue weighted by molar-refractivity contribution is 0.164. The highest BCUT2D eigenvalue weighted by Gasteiger charge is 2.11. The Morgan fingerprint density at radius 1 is 1.00 bits per heavy atom. The van der Waals surface area contributed by atoms with Crippen LogP contribution in [0.15, 0.2) is 12.3 Å². The van der Waals surface area contributed by atoms with Crippen molar-refractivity contribution in [1.82, 2.24) is 9.97 Å². The topological polar surface area (TPSA) is 35.0 Å². The number of aromatic nitrogens is 2. The van der Waals surface area contributed by atoms with E-state index >= 15 is 0 Å². The molecule has 1 aliphatic carbocycles. The zero-order chi connectivity index (χ0) is 29.0. The summed E-state index contributed by atoms with van der Waals surface area (Å²) in [6.45, 7) is 20.2. The van der Waals surface area contributed by atoms with Crippen LogP contribution in [0.2, 0.25) is 0 Å². The van der Waals surface area contributed by atoms with Crippen molar-refractivity contribution in [2.75, 3.05) is 37.7 Å². The molecule has 0 radical (unpaired) electrons. The van der Waals surface area contributed by atoms with Crippen molar-refractivity contribution in [2.45, 2.75) is 120 Å². The minimum atomic E-state index is -0.321. The van der Waals surface area contributed by atoms with Crippen LogP contribution in [0.1, 0.15) is 130 Å². The molecule has 37 heavy (non-hydrogen) atoms. The van der Waals surface area contributed by atoms with E-state index in [0.29, 0.717) is 0 Å². The Labute approximate surface area is 235 Å². The summed E-state index contributed by atoms with van der Waals surface area (Å²) >= 11 is 0. The first-order valence-electron chi connectivity index (χ1n) is 15.0. The summed E-state index contributed by atoms with van der Waals surface area (Å²) in [7, 11) is -0.321. The molecule has 1 aromatic heterocycles. The van der Waals surface area contributed by atoms with Crippen LogP contribution in [0.5, 0.6) is 0 Å². The smallest absolute Gasteiger partial charge is 0.132 e. The van der Waals surface area contributed by atoms with Gasteiger partial charge >= 0.3 is 0 Å². The van der Waals surface area contributed by atoms with Crippen LogP contribution in [0.4, 0.5) is 0 Å². The molecule has 1 saturated carbocycles. The number of hydrogen-bond acceptors (Lipinski definition) is 3. The molecule has 1 aliphatic rings. The summed E-state index contributed by atoms with van der Waals surface area (Å²) in [4.78, 5) is 8.87. The fraction of sp³-hybridized carbons (Fsp3) is 0.758. The molecule has 0 aromatic carbocycles. The van der Waals surface area contributed by atoms with Gasteiger partial charge in [-0.1, -0.05) is 92.1 Å². The molecule has 2 rings (SSSR count). The maximum absolute atomic E-state index is 5.23. The predicted octanol–water partition coefficient (Wildman–Crippen LogP) is 10.1. The summed E-state index contributed by atoms with van der Waals surface area (Å²) in [5.74, 6) is 8.48. The lowest BCUT2D eigenvalue weighted by Crippen LogP contribution is -2.06. The lowest BCUT2D eigenvalue weighted by atomic mass is 9.87. The Morgan fingerprint density at radius 2 is 1.59 bits per heavy atom. The number of hydrogen-bond donors (Lipinski definition) is 0. The Kier molecular flexibility index (Phi) is 31.8. The van der Waals surface area contributed by atoms with Gasteiger partial charge in [0.15, 0.2) is 0 Å². The van der Waals surface area contributed by atoms with Crippen molar-refractivity contribution in [2.24, 2.45) is 5.92 Å². The van der Waals surface area contributed by atoms with E-state index in [1.165, 1.54) is 57.1 Å². The highest BCUT2D eigenvalue weighted by Crippen LogP contribution is 2.33. The Hall–Kier alpha value is -1.31. The second-order valence-electron chi connectivity index (χ2n) is 9.58. The molecule has 1 fully saturated rings. The maximum atomic E-state index is 5.23. The van der Waals surface area contributed by atoms with Crippen molar-refractivity contribution in [3.8, 4) is 11.8 Å². The van der Waals surface area contributed by atoms with Crippen LogP contribution in [-0.4, -0.2) is 47.7 Å². The van der Waals surface area contributed by atoms with Gasteiger partial charge in [0.25, 0.3) is 0 Å². The third-order valence-electron chi connectivity index (χ3n) is 5.40. The molecule has 0 atom stereocenters. The number of unbranched alkanes of at least 4 members (excludes halogenated alkanes) is 2. The van der Waals surface area contributed by atoms with Crippen LogP contribution >= 0.6 is 10.0 Å². The second-order valence-corrected chi connectivity index (χ2v) is 14.2. The van der Waals surface area contributed by atoms with Crippen molar-refractivity contribution in [1.29, 1.82) is 0 Å². The molecule has 4 heteroatoms. The molecular weight excluding hydrogens is 472 g/mol. The number of ether oxygens (including phenoxy) is 1. The fourth-order valence-electron chi connectivity index (χ4n) is 3.32. The van der Waals surface area contributed by atoms with Gasteiger partial charge in [-0.15, -0.1) is 0 Å². The first-order chi connectivity index (χ1) is 17.8. The maximum Gasteiger partial charge on any atom is 0.132 e. The molecule has 1 aromatic rings. The van der Waals surface area contributed by atoms with Gasteiger partial charge < -0.3 is 4.74 Å². The summed E-state index contributed by atoms with van der Waals surface area (Å²) in [5.41, 5.74) is 2.66. The number of rotatable bonds is 8. The highest BCUT2D eigenvalue weighted by atomic mass is 32.3. The number of nitrogens with zero attached hydrogens (tertiary/aromatic N) is 2. The fourth-order valence-corrected chi connectivity index (χ4v) is 3.94. The van der Waals surface area contributed by atoms with Gasteiger partial charge in [-0.3, -0.25) is 4.98 Å². The van der Waals surface area contributed by atoms with Crippen LogP contribution in [-0.2, 0) is 4.74 Å². The predicted molar refractivity (Wildman–Crippen MR) is 174 cm³/mol. The largest absolute Gasteiger partial charge is 0.381 e. The third-order valence-corrected chi connectivity index (χ3v) is 6.79. The normalized spacial score (nSPS) is 13.2. The second kappa shape index (κ2) is 29.2. The van der Waals surface area contributed by atoms with Crippen LogP contribution in [0, 0.1) is 24.7 Å². The Morgan fingerprint density at radius 3 is 2.05 bits per heavy atom. The standard InChI is InChI=1S/C17H22N2.C7H18OS.C5H12.2C2H6/c1-3-8-17-14(2)18-13-16(19-17)12-7-11-15-9-5-4-6-10-15;1-5-8-6-7-9(2,3)4;1-3-5-4-2;2*1-2/h3,8,13,15H,4-6,9-11H2,1-2H3;5-7H2,1-4H3;3-5H2,1-2H3;2*1-2H3/b8-3-;;;;. The first kappa shape index (κ1) is 40.2. The van der Waals surface area contributed by atoms with Gasteiger partial charge in [-0.05, 0) is 70.3 Å². The molecular formula is C33H64N2OS. The molecule has 0 amide bonds. The van der Waals surface area contributed by atoms with Crippen LogP contribution in [0.3, 0.4) is 0 Å². The highest BCUT2D eigenvalue weighted by molar-refractivity contribution is 8.32. The van der Waals surface area contributed by atoms with Crippen molar-refractivity contribution in [3.05, 3.63) is 29.4 Å². The van der Waals surface area contributed by atoms with Gasteiger partial charge in [-0.25, -0.2) is 15.0 Å². The monoisotopic (exact) mass is 536 g/mol. The molecule has 0 saturated heterocycles. The average molecular weight is 537 g/mol. The van der Waals surface area contributed by atoms with Gasteiger partial charge in [0.2, 0.25) is 0 Å².